The van der Waals surface area contributed by atoms with Gasteiger partial charge < -0.3 is 14.8 Å². The minimum absolute atomic E-state index is 0.704. The van der Waals surface area contributed by atoms with E-state index in [1.807, 2.05) is 36.4 Å². The highest BCUT2D eigenvalue weighted by Crippen LogP contribution is 2.36. The predicted octanol–water partition coefficient (Wildman–Crippen LogP) is 4.84. The van der Waals surface area contributed by atoms with E-state index in [4.69, 9.17) is 9.47 Å². The molecule has 0 atom stereocenters. The molecule has 0 amide bonds. The number of methoxy groups -OCH3 is 2. The van der Waals surface area contributed by atoms with Gasteiger partial charge in [-0.1, -0.05) is 22.0 Å². The maximum Gasteiger partial charge on any atom is 0.174 e. The number of hydrogen-bond acceptors (Lipinski definition) is 3. The van der Waals surface area contributed by atoms with Crippen LogP contribution in [0.2, 0.25) is 0 Å². The van der Waals surface area contributed by atoms with Gasteiger partial charge in [-0.2, -0.15) is 0 Å². The molecular weight excluding hydrogens is 386 g/mol. The summed E-state index contributed by atoms with van der Waals surface area (Å²) in [6, 6.07) is 12.0. The molecule has 0 fully saturated rings. The summed E-state index contributed by atoms with van der Waals surface area (Å²) >= 11 is 6.95. The quantitative estimate of drug-likeness (QED) is 0.778. The van der Waals surface area contributed by atoms with E-state index in [0.717, 1.165) is 20.2 Å². The van der Waals surface area contributed by atoms with Crippen LogP contribution in [-0.4, -0.2) is 14.2 Å². The molecule has 0 saturated carbocycles. The molecule has 106 valence electrons. The van der Waals surface area contributed by atoms with E-state index in [9.17, 15) is 0 Å². The SMILES string of the molecule is COc1cc(CNc2cccc(Br)c2)cc(Br)c1OC. The number of halogens is 2. The molecule has 0 heterocycles. The lowest BCUT2D eigenvalue weighted by Gasteiger charge is -2.13. The fraction of sp³-hybridized carbons (Fsp3) is 0.200. The first-order valence-electron chi connectivity index (χ1n) is 6.04. The van der Waals surface area contributed by atoms with Gasteiger partial charge in [-0.25, -0.2) is 0 Å². The van der Waals surface area contributed by atoms with E-state index in [1.54, 1.807) is 14.2 Å². The Morgan fingerprint density at radius 1 is 1.05 bits per heavy atom. The van der Waals surface area contributed by atoms with E-state index in [0.29, 0.717) is 18.0 Å². The molecule has 0 radical (unpaired) electrons. The molecule has 3 nitrogen and oxygen atoms in total. The first kappa shape index (κ1) is 15.2. The Bertz CT molecular complexity index is 602. The van der Waals surface area contributed by atoms with Crippen LogP contribution in [0.4, 0.5) is 5.69 Å². The smallest absolute Gasteiger partial charge is 0.174 e. The summed E-state index contributed by atoms with van der Waals surface area (Å²) in [5.74, 6) is 1.42. The zero-order chi connectivity index (χ0) is 14.5. The summed E-state index contributed by atoms with van der Waals surface area (Å²) < 4.78 is 12.6. The Hall–Kier alpha value is -1.20. The second-order valence-corrected chi connectivity index (χ2v) is 5.95. The fourth-order valence-corrected chi connectivity index (χ4v) is 2.93. The third kappa shape index (κ3) is 3.67. The van der Waals surface area contributed by atoms with Crippen LogP contribution >= 0.6 is 31.9 Å². The van der Waals surface area contributed by atoms with Gasteiger partial charge in [-0.15, -0.1) is 0 Å². The number of benzene rings is 2. The highest BCUT2D eigenvalue weighted by molar-refractivity contribution is 9.10. The molecular formula is C15H15Br2NO2. The van der Waals surface area contributed by atoms with Crippen molar-refractivity contribution in [2.75, 3.05) is 19.5 Å². The number of rotatable bonds is 5. The monoisotopic (exact) mass is 399 g/mol. The van der Waals surface area contributed by atoms with Crippen molar-refractivity contribution in [1.82, 2.24) is 0 Å². The standard InChI is InChI=1S/C15H15Br2NO2/c1-19-14-7-10(6-13(17)15(14)20-2)9-18-12-5-3-4-11(16)8-12/h3-8,18H,9H2,1-2H3. The molecule has 0 aliphatic carbocycles. The Labute approximate surface area is 135 Å². The third-order valence-electron chi connectivity index (χ3n) is 2.81. The van der Waals surface area contributed by atoms with Crippen molar-refractivity contribution >= 4 is 37.5 Å². The molecule has 0 aliphatic heterocycles. The summed E-state index contributed by atoms with van der Waals surface area (Å²) in [7, 11) is 3.26. The lowest BCUT2D eigenvalue weighted by molar-refractivity contribution is 0.352. The Morgan fingerprint density at radius 2 is 1.85 bits per heavy atom. The highest BCUT2D eigenvalue weighted by Gasteiger charge is 2.10. The van der Waals surface area contributed by atoms with Crippen molar-refractivity contribution in [2.45, 2.75) is 6.54 Å². The van der Waals surface area contributed by atoms with E-state index in [1.165, 1.54) is 0 Å². The van der Waals surface area contributed by atoms with Gasteiger partial charge in [0.1, 0.15) is 0 Å². The molecule has 0 bridgehead atoms. The van der Waals surface area contributed by atoms with E-state index in [2.05, 4.69) is 37.2 Å². The van der Waals surface area contributed by atoms with Crippen molar-refractivity contribution in [2.24, 2.45) is 0 Å². The highest BCUT2D eigenvalue weighted by atomic mass is 79.9. The summed E-state index contributed by atoms with van der Waals surface area (Å²) in [5.41, 5.74) is 2.17. The molecule has 1 N–H and O–H groups in total. The summed E-state index contributed by atoms with van der Waals surface area (Å²) in [5, 5.41) is 3.37. The van der Waals surface area contributed by atoms with Gasteiger partial charge in [0.2, 0.25) is 0 Å². The molecule has 2 rings (SSSR count). The third-order valence-corrected chi connectivity index (χ3v) is 3.90. The Morgan fingerprint density at radius 3 is 2.50 bits per heavy atom. The zero-order valence-corrected chi connectivity index (χ0v) is 14.4. The molecule has 5 heteroatoms. The second kappa shape index (κ2) is 6.99. The second-order valence-electron chi connectivity index (χ2n) is 4.18. The van der Waals surface area contributed by atoms with Gasteiger partial charge in [-0.3, -0.25) is 0 Å². The predicted molar refractivity (Wildman–Crippen MR) is 88.7 cm³/mol. The van der Waals surface area contributed by atoms with E-state index in [-0.39, 0.29) is 0 Å². The number of hydrogen-bond donors (Lipinski definition) is 1. The first-order chi connectivity index (χ1) is 9.63. The molecule has 0 aliphatic rings. The molecule has 0 spiro atoms. The van der Waals surface area contributed by atoms with Gasteiger partial charge >= 0.3 is 0 Å². The molecule has 2 aromatic carbocycles. The van der Waals surface area contributed by atoms with E-state index < -0.39 is 0 Å². The van der Waals surface area contributed by atoms with Crippen molar-refractivity contribution in [3.63, 3.8) is 0 Å². The minimum atomic E-state index is 0.704. The lowest BCUT2D eigenvalue weighted by atomic mass is 10.2. The molecule has 2 aromatic rings. The average Bonchev–Trinajstić information content (AvgIpc) is 2.44. The first-order valence-corrected chi connectivity index (χ1v) is 7.62. The maximum absolute atomic E-state index is 5.34. The van der Waals surface area contributed by atoms with Crippen LogP contribution in [-0.2, 0) is 6.54 Å². The topological polar surface area (TPSA) is 30.5 Å². The van der Waals surface area contributed by atoms with Crippen LogP contribution in [0.1, 0.15) is 5.56 Å². The Balaban J connectivity index is 2.16. The fourth-order valence-electron chi connectivity index (χ4n) is 1.88. The molecule has 0 unspecified atom stereocenters. The van der Waals surface area contributed by atoms with Crippen LogP contribution in [0.3, 0.4) is 0 Å². The van der Waals surface area contributed by atoms with Crippen molar-refractivity contribution in [1.29, 1.82) is 0 Å². The van der Waals surface area contributed by atoms with Gasteiger partial charge in [-0.05, 0) is 51.8 Å². The van der Waals surface area contributed by atoms with Crippen molar-refractivity contribution in [3.05, 3.63) is 50.9 Å². The number of ether oxygens (including phenoxy) is 2. The summed E-state index contributed by atoms with van der Waals surface area (Å²) in [4.78, 5) is 0. The maximum atomic E-state index is 5.34. The van der Waals surface area contributed by atoms with Crippen molar-refractivity contribution in [3.8, 4) is 11.5 Å². The van der Waals surface area contributed by atoms with Gasteiger partial charge in [0.05, 0.1) is 18.7 Å². The van der Waals surface area contributed by atoms with E-state index >= 15 is 0 Å². The van der Waals surface area contributed by atoms with Crippen molar-refractivity contribution < 1.29 is 9.47 Å². The van der Waals surface area contributed by atoms with Crippen LogP contribution in [0, 0.1) is 0 Å². The molecule has 0 aromatic heterocycles. The zero-order valence-electron chi connectivity index (χ0n) is 11.2. The normalized spacial score (nSPS) is 10.2. The minimum Gasteiger partial charge on any atom is -0.493 e. The average molecular weight is 401 g/mol. The molecule has 20 heavy (non-hydrogen) atoms. The summed E-state index contributed by atoms with van der Waals surface area (Å²) in [6.07, 6.45) is 0. The summed E-state index contributed by atoms with van der Waals surface area (Å²) in [6.45, 7) is 0.704. The van der Waals surface area contributed by atoms with Crippen LogP contribution in [0.25, 0.3) is 0 Å². The largest absolute Gasteiger partial charge is 0.493 e. The number of anilines is 1. The van der Waals surface area contributed by atoms with Gasteiger partial charge in [0.25, 0.3) is 0 Å². The molecule has 0 saturated heterocycles. The van der Waals surface area contributed by atoms with Gasteiger partial charge in [0, 0.05) is 16.7 Å². The Kier molecular flexibility index (Phi) is 5.31. The van der Waals surface area contributed by atoms with Gasteiger partial charge in [0.15, 0.2) is 11.5 Å². The van der Waals surface area contributed by atoms with Crippen LogP contribution in [0.5, 0.6) is 11.5 Å². The number of nitrogens with one attached hydrogen (secondary N) is 1. The van der Waals surface area contributed by atoms with Crippen LogP contribution < -0.4 is 14.8 Å². The lowest BCUT2D eigenvalue weighted by Crippen LogP contribution is -2.01. The van der Waals surface area contributed by atoms with Crippen LogP contribution in [0.15, 0.2) is 45.3 Å².